The van der Waals surface area contributed by atoms with Crippen molar-refractivity contribution in [3.8, 4) is 5.82 Å². The molecule has 0 aliphatic carbocycles. The van der Waals surface area contributed by atoms with Crippen LogP contribution in [0.3, 0.4) is 0 Å². The maximum absolute atomic E-state index is 4.59. The zero-order valence-electron chi connectivity index (χ0n) is 13.9. The summed E-state index contributed by atoms with van der Waals surface area (Å²) in [4.78, 5) is 4.59. The van der Waals surface area contributed by atoms with Gasteiger partial charge in [0.15, 0.2) is 0 Å². The predicted octanol–water partition coefficient (Wildman–Crippen LogP) is 5.21. The number of fused-ring (bicyclic) bond motifs is 1. The number of rotatable bonds is 4. The van der Waals surface area contributed by atoms with E-state index in [1.807, 2.05) is 12.3 Å². The topological polar surface area (TPSA) is 17.8 Å². The number of aromatic nitrogens is 2. The van der Waals surface area contributed by atoms with Crippen molar-refractivity contribution in [3.05, 3.63) is 59.9 Å². The average Bonchev–Trinajstić information content (AvgIpc) is 2.78. The molecule has 0 amide bonds. The molecule has 0 radical (unpaired) electrons. The van der Waals surface area contributed by atoms with Gasteiger partial charge in [0.1, 0.15) is 5.82 Å². The molecule has 0 fully saturated rings. The van der Waals surface area contributed by atoms with Gasteiger partial charge in [0, 0.05) is 25.4 Å². The highest BCUT2D eigenvalue weighted by molar-refractivity contribution is 6.76. The Morgan fingerprint density at radius 3 is 2.41 bits per heavy atom. The van der Waals surface area contributed by atoms with E-state index in [1.54, 1.807) is 0 Å². The van der Waals surface area contributed by atoms with Crippen molar-refractivity contribution in [2.45, 2.75) is 39.0 Å². The van der Waals surface area contributed by atoms with Crippen LogP contribution in [0.5, 0.6) is 0 Å². The summed E-state index contributed by atoms with van der Waals surface area (Å²) in [6.07, 6.45) is 3.01. The first kappa shape index (κ1) is 15.0. The maximum atomic E-state index is 4.59. The van der Waals surface area contributed by atoms with Crippen LogP contribution >= 0.6 is 0 Å². The molecule has 0 atom stereocenters. The molecular weight excluding hydrogens is 284 g/mol. The van der Waals surface area contributed by atoms with Crippen LogP contribution in [-0.2, 0) is 6.42 Å². The van der Waals surface area contributed by atoms with Crippen molar-refractivity contribution in [1.29, 1.82) is 0 Å². The molecule has 0 unspecified atom stereocenters. The fraction of sp³-hybridized carbons (Fsp3) is 0.316. The predicted molar refractivity (Wildman–Crippen MR) is 97.7 cm³/mol. The van der Waals surface area contributed by atoms with Gasteiger partial charge in [-0.25, -0.2) is 4.98 Å². The summed E-state index contributed by atoms with van der Waals surface area (Å²) in [5, 5.41) is 1.35. The van der Waals surface area contributed by atoms with Crippen LogP contribution in [-0.4, -0.2) is 17.6 Å². The molecule has 0 spiro atoms. The van der Waals surface area contributed by atoms with Gasteiger partial charge in [-0.15, -0.1) is 0 Å². The summed E-state index contributed by atoms with van der Waals surface area (Å²) in [5.74, 6) is 1.03. The molecule has 0 saturated heterocycles. The average molecular weight is 309 g/mol. The Bertz CT molecular complexity index is 782. The Labute approximate surface area is 133 Å². The van der Waals surface area contributed by atoms with Crippen molar-refractivity contribution in [2.75, 3.05) is 0 Å². The highest BCUT2D eigenvalue weighted by Gasteiger charge is 2.19. The second-order valence-corrected chi connectivity index (χ2v) is 12.8. The van der Waals surface area contributed by atoms with Crippen molar-refractivity contribution < 1.29 is 0 Å². The lowest BCUT2D eigenvalue weighted by atomic mass is 10.1. The maximum Gasteiger partial charge on any atom is 0.137 e. The second kappa shape index (κ2) is 5.73. The Hall–Kier alpha value is -1.87. The van der Waals surface area contributed by atoms with E-state index in [9.17, 15) is 0 Å². The third-order valence-corrected chi connectivity index (χ3v) is 5.99. The number of para-hydroxylation sites is 1. The second-order valence-electron chi connectivity index (χ2n) is 7.17. The van der Waals surface area contributed by atoms with Crippen LogP contribution in [0.2, 0.25) is 25.7 Å². The summed E-state index contributed by atoms with van der Waals surface area (Å²) in [6, 6.07) is 16.1. The van der Waals surface area contributed by atoms with E-state index in [4.69, 9.17) is 0 Å². The first-order chi connectivity index (χ1) is 10.5. The molecule has 0 aliphatic heterocycles. The van der Waals surface area contributed by atoms with E-state index in [0.29, 0.717) is 0 Å². The van der Waals surface area contributed by atoms with Gasteiger partial charge in [0.05, 0.1) is 5.52 Å². The van der Waals surface area contributed by atoms with Gasteiger partial charge in [-0.05, 0) is 37.1 Å². The van der Waals surface area contributed by atoms with Crippen LogP contribution in [0.1, 0.15) is 11.3 Å². The molecule has 3 aromatic rings. The molecule has 0 bridgehead atoms. The fourth-order valence-electron chi connectivity index (χ4n) is 2.99. The molecule has 22 heavy (non-hydrogen) atoms. The number of pyridine rings is 1. The normalized spacial score (nSPS) is 12.0. The monoisotopic (exact) mass is 308 g/mol. The quantitative estimate of drug-likeness (QED) is 0.605. The molecule has 3 rings (SSSR count). The molecule has 1 aromatic carbocycles. The van der Waals surface area contributed by atoms with E-state index in [-0.39, 0.29) is 0 Å². The molecule has 0 aliphatic rings. The largest absolute Gasteiger partial charge is 0.298 e. The van der Waals surface area contributed by atoms with Gasteiger partial charge >= 0.3 is 0 Å². The lowest BCUT2D eigenvalue weighted by Crippen LogP contribution is -2.21. The highest BCUT2D eigenvalue weighted by Crippen LogP contribution is 2.30. The summed E-state index contributed by atoms with van der Waals surface area (Å²) in [7, 11) is -1.07. The highest BCUT2D eigenvalue weighted by atomic mass is 28.3. The SMILES string of the molecule is Cc1c(CC[Si](C)(C)C)n(-c2ccccn2)c2ccccc12. The fourth-order valence-corrected chi connectivity index (χ4v) is 3.98. The first-order valence-corrected chi connectivity index (χ1v) is 11.7. The molecule has 0 saturated carbocycles. The third kappa shape index (κ3) is 2.86. The number of nitrogens with zero attached hydrogens (tertiary/aromatic N) is 2. The molecule has 3 heteroatoms. The van der Waals surface area contributed by atoms with E-state index >= 15 is 0 Å². The lowest BCUT2D eigenvalue weighted by molar-refractivity contribution is 0.907. The Morgan fingerprint density at radius 2 is 1.73 bits per heavy atom. The minimum Gasteiger partial charge on any atom is -0.298 e. The number of hydrogen-bond donors (Lipinski definition) is 0. The van der Waals surface area contributed by atoms with E-state index < -0.39 is 8.07 Å². The smallest absolute Gasteiger partial charge is 0.137 e. The summed E-state index contributed by atoms with van der Waals surface area (Å²) >= 11 is 0. The summed E-state index contributed by atoms with van der Waals surface area (Å²) in [5.41, 5.74) is 4.09. The van der Waals surface area contributed by atoms with Crippen LogP contribution in [0, 0.1) is 6.92 Å². The van der Waals surface area contributed by atoms with E-state index in [0.717, 1.165) is 12.2 Å². The van der Waals surface area contributed by atoms with Crippen molar-refractivity contribution >= 4 is 19.0 Å². The molecule has 114 valence electrons. The molecule has 2 heterocycles. The Kier molecular flexibility index (Phi) is 3.91. The van der Waals surface area contributed by atoms with Gasteiger partial charge in [-0.1, -0.05) is 50.0 Å². The van der Waals surface area contributed by atoms with Gasteiger partial charge in [0.25, 0.3) is 0 Å². The van der Waals surface area contributed by atoms with Crippen LogP contribution in [0.15, 0.2) is 48.7 Å². The molecular formula is C19H24N2Si. The molecule has 2 aromatic heterocycles. The van der Waals surface area contributed by atoms with Crippen molar-refractivity contribution in [2.24, 2.45) is 0 Å². The van der Waals surface area contributed by atoms with E-state index in [1.165, 1.54) is 28.2 Å². The minimum atomic E-state index is -1.07. The zero-order valence-corrected chi connectivity index (χ0v) is 14.9. The van der Waals surface area contributed by atoms with Crippen molar-refractivity contribution in [1.82, 2.24) is 9.55 Å². The van der Waals surface area contributed by atoms with Gasteiger partial charge in [0.2, 0.25) is 0 Å². The van der Waals surface area contributed by atoms with Gasteiger partial charge in [-0.3, -0.25) is 4.57 Å². The van der Waals surface area contributed by atoms with Gasteiger partial charge < -0.3 is 0 Å². The lowest BCUT2D eigenvalue weighted by Gasteiger charge is -2.17. The first-order valence-electron chi connectivity index (χ1n) is 7.98. The van der Waals surface area contributed by atoms with E-state index in [2.05, 4.69) is 72.5 Å². The number of hydrogen-bond acceptors (Lipinski definition) is 1. The molecule has 0 N–H and O–H groups in total. The van der Waals surface area contributed by atoms with Crippen LogP contribution in [0.4, 0.5) is 0 Å². The third-order valence-electron chi connectivity index (χ3n) is 4.24. The van der Waals surface area contributed by atoms with Gasteiger partial charge in [-0.2, -0.15) is 0 Å². The summed E-state index contributed by atoms with van der Waals surface area (Å²) < 4.78 is 2.35. The Morgan fingerprint density at radius 1 is 1.00 bits per heavy atom. The molecule has 2 nitrogen and oxygen atoms in total. The number of aryl methyl sites for hydroxylation is 1. The Balaban J connectivity index is 2.19. The zero-order chi connectivity index (χ0) is 15.7. The minimum absolute atomic E-state index is 1.03. The van der Waals surface area contributed by atoms with Crippen LogP contribution < -0.4 is 0 Å². The number of benzene rings is 1. The standard InChI is InChI=1S/C19H24N2Si/c1-15-16-9-5-6-10-18(16)21(19-11-7-8-13-20-19)17(15)12-14-22(2,3)4/h5-11,13H,12,14H2,1-4H3. The summed E-state index contributed by atoms with van der Waals surface area (Å²) in [6.45, 7) is 9.57. The van der Waals surface area contributed by atoms with Crippen LogP contribution in [0.25, 0.3) is 16.7 Å². The van der Waals surface area contributed by atoms with Crippen molar-refractivity contribution in [3.63, 3.8) is 0 Å².